The van der Waals surface area contributed by atoms with Gasteiger partial charge in [-0.2, -0.15) is 0 Å². The first-order valence-electron chi connectivity index (χ1n) is 4.93. The van der Waals surface area contributed by atoms with Crippen molar-refractivity contribution in [2.24, 2.45) is 5.92 Å². The number of carbonyl (C=O) groups is 2. The molecule has 1 amide bonds. The fourth-order valence-corrected chi connectivity index (χ4v) is 2.00. The quantitative estimate of drug-likeness (QED) is 0.396. The van der Waals surface area contributed by atoms with Crippen molar-refractivity contribution < 1.29 is 19.4 Å². The minimum absolute atomic E-state index is 0.0573. The molecule has 15 heavy (non-hydrogen) atoms. The fraction of sp³-hybridized carbons (Fsp3) is 0.600. The third-order valence-corrected chi connectivity index (χ3v) is 2.76. The zero-order valence-corrected chi connectivity index (χ0v) is 8.64. The van der Waals surface area contributed by atoms with Crippen LogP contribution in [-0.2, 0) is 14.3 Å². The lowest BCUT2D eigenvalue weighted by Crippen LogP contribution is -2.52. The molecule has 82 valence electrons. The summed E-state index contributed by atoms with van der Waals surface area (Å²) in [5.41, 5.74) is 0.268. The van der Waals surface area contributed by atoms with E-state index in [1.54, 1.807) is 6.08 Å². The molecule has 1 N–H and O–H groups in total. The number of β-lactam (4-membered cyclic amide) rings is 1. The summed E-state index contributed by atoms with van der Waals surface area (Å²) in [6.45, 7) is 3.30. The first-order chi connectivity index (χ1) is 7.00. The van der Waals surface area contributed by atoms with Gasteiger partial charge in [-0.25, -0.2) is 4.79 Å². The molecule has 0 bridgehead atoms. The van der Waals surface area contributed by atoms with Crippen LogP contribution in [0.5, 0.6) is 0 Å². The van der Waals surface area contributed by atoms with Crippen LogP contribution in [0.15, 0.2) is 11.8 Å². The van der Waals surface area contributed by atoms with E-state index in [1.165, 1.54) is 11.8 Å². The van der Waals surface area contributed by atoms with Gasteiger partial charge in [0.1, 0.15) is 5.70 Å². The molecule has 2 heterocycles. The number of amides is 1. The number of fused-ring (bicyclic) bond motifs is 1. The highest BCUT2D eigenvalue weighted by Gasteiger charge is 2.48. The van der Waals surface area contributed by atoms with Gasteiger partial charge in [0, 0.05) is 6.42 Å². The summed E-state index contributed by atoms with van der Waals surface area (Å²) in [4.78, 5) is 24.2. The zero-order valence-electron chi connectivity index (χ0n) is 8.64. The van der Waals surface area contributed by atoms with E-state index in [0.29, 0.717) is 6.42 Å². The first kappa shape index (κ1) is 10.2. The van der Waals surface area contributed by atoms with Crippen LogP contribution in [-0.4, -0.2) is 34.2 Å². The molecule has 0 radical (unpaired) electrons. The Morgan fingerprint density at radius 2 is 2.40 bits per heavy atom. The second kappa shape index (κ2) is 3.34. The van der Waals surface area contributed by atoms with Gasteiger partial charge in [-0.15, -0.1) is 0 Å². The van der Waals surface area contributed by atoms with E-state index in [2.05, 4.69) is 4.74 Å². The Morgan fingerprint density at radius 3 is 2.93 bits per heavy atom. The van der Waals surface area contributed by atoms with Crippen LogP contribution in [0.2, 0.25) is 0 Å². The maximum atomic E-state index is 11.5. The summed E-state index contributed by atoms with van der Waals surface area (Å²) >= 11 is 0. The summed E-state index contributed by atoms with van der Waals surface area (Å²) in [7, 11) is 0. The molecule has 1 unspecified atom stereocenters. The van der Waals surface area contributed by atoms with Crippen molar-refractivity contribution in [3.8, 4) is 0 Å². The van der Waals surface area contributed by atoms with Gasteiger partial charge in [0.15, 0.2) is 6.29 Å². The normalized spacial score (nSPS) is 30.5. The van der Waals surface area contributed by atoms with E-state index >= 15 is 0 Å². The minimum atomic E-state index is -1.15. The summed E-state index contributed by atoms with van der Waals surface area (Å²) < 4.78 is 4.64. The third kappa shape index (κ3) is 1.52. The molecule has 2 rings (SSSR count). The van der Waals surface area contributed by atoms with E-state index < -0.39 is 12.3 Å². The largest absolute Gasteiger partial charge is 0.432 e. The monoisotopic (exact) mass is 211 g/mol. The van der Waals surface area contributed by atoms with E-state index in [1.807, 2.05) is 6.92 Å². The van der Waals surface area contributed by atoms with Gasteiger partial charge in [0.25, 0.3) is 0 Å². The molecular weight excluding hydrogens is 198 g/mol. The van der Waals surface area contributed by atoms with Gasteiger partial charge in [-0.05, 0) is 18.9 Å². The SMILES string of the molecule is C[C@H](O)OC(=O)C1=C[C@@H](C)C2CC(=O)N12. The standard InChI is InChI=1S/C10H13NO4/c1-5-3-8(10(14)15-6(2)12)11-7(5)4-9(11)13/h3,5-7,12H,4H2,1-2H3/t5-,6-,7?/m1/s1. The van der Waals surface area contributed by atoms with Crippen LogP contribution in [0.3, 0.4) is 0 Å². The molecule has 0 saturated carbocycles. The lowest BCUT2D eigenvalue weighted by atomic mass is 9.94. The molecule has 0 aromatic heterocycles. The van der Waals surface area contributed by atoms with Crippen LogP contribution in [0, 0.1) is 5.92 Å². The van der Waals surface area contributed by atoms with E-state index in [-0.39, 0.29) is 23.6 Å². The van der Waals surface area contributed by atoms with Crippen molar-refractivity contribution in [1.29, 1.82) is 0 Å². The van der Waals surface area contributed by atoms with Crippen molar-refractivity contribution in [2.75, 3.05) is 0 Å². The lowest BCUT2D eigenvalue weighted by molar-refractivity contribution is -0.165. The van der Waals surface area contributed by atoms with Gasteiger partial charge < -0.3 is 14.7 Å². The third-order valence-electron chi connectivity index (χ3n) is 2.76. The minimum Gasteiger partial charge on any atom is -0.432 e. The molecular formula is C10H13NO4. The number of rotatable bonds is 2. The highest BCUT2D eigenvalue weighted by atomic mass is 16.6. The van der Waals surface area contributed by atoms with Gasteiger partial charge >= 0.3 is 5.97 Å². The Bertz CT molecular complexity index is 347. The Hall–Kier alpha value is -1.36. The van der Waals surface area contributed by atoms with Crippen LogP contribution in [0.25, 0.3) is 0 Å². The van der Waals surface area contributed by atoms with E-state index in [9.17, 15) is 9.59 Å². The van der Waals surface area contributed by atoms with Gasteiger partial charge in [-0.3, -0.25) is 4.79 Å². The summed E-state index contributed by atoms with van der Waals surface area (Å²) in [5.74, 6) is -0.509. The molecule has 0 aromatic rings. The van der Waals surface area contributed by atoms with Crippen molar-refractivity contribution >= 4 is 11.9 Å². The molecule has 0 aromatic carbocycles. The van der Waals surface area contributed by atoms with Gasteiger partial charge in [0.2, 0.25) is 5.91 Å². The van der Waals surface area contributed by atoms with E-state index in [4.69, 9.17) is 5.11 Å². The number of hydrogen-bond acceptors (Lipinski definition) is 4. The summed E-state index contributed by atoms with van der Waals surface area (Å²) in [5, 5.41) is 8.91. The fourth-order valence-electron chi connectivity index (χ4n) is 2.00. The van der Waals surface area contributed by atoms with Gasteiger partial charge in [0.05, 0.1) is 6.04 Å². The number of esters is 1. The smallest absolute Gasteiger partial charge is 0.357 e. The molecule has 0 spiro atoms. The van der Waals surface area contributed by atoms with Crippen LogP contribution in [0.4, 0.5) is 0 Å². The van der Waals surface area contributed by atoms with Crippen molar-refractivity contribution in [3.63, 3.8) is 0 Å². The van der Waals surface area contributed by atoms with Crippen molar-refractivity contribution in [3.05, 3.63) is 11.8 Å². The predicted molar refractivity (Wildman–Crippen MR) is 50.3 cm³/mol. The van der Waals surface area contributed by atoms with Gasteiger partial charge in [-0.1, -0.05) is 6.92 Å². The number of aliphatic hydroxyl groups is 1. The number of nitrogens with zero attached hydrogens (tertiary/aromatic N) is 1. The number of ether oxygens (including phenoxy) is 1. The Kier molecular flexibility index (Phi) is 2.26. The van der Waals surface area contributed by atoms with Crippen LogP contribution in [0.1, 0.15) is 20.3 Å². The molecule has 1 saturated heterocycles. The molecule has 3 atom stereocenters. The highest BCUT2D eigenvalue weighted by Crippen LogP contribution is 2.37. The Labute approximate surface area is 87.3 Å². The topological polar surface area (TPSA) is 66.8 Å². The first-order valence-corrected chi connectivity index (χ1v) is 4.93. The molecule has 0 aliphatic carbocycles. The maximum Gasteiger partial charge on any atom is 0.357 e. The zero-order chi connectivity index (χ0) is 11.2. The molecule has 5 nitrogen and oxygen atoms in total. The second-order valence-corrected chi connectivity index (χ2v) is 3.95. The second-order valence-electron chi connectivity index (χ2n) is 3.95. The van der Waals surface area contributed by atoms with E-state index in [0.717, 1.165) is 0 Å². The lowest BCUT2D eigenvalue weighted by Gasteiger charge is -2.37. The van der Waals surface area contributed by atoms with Crippen molar-refractivity contribution in [1.82, 2.24) is 4.90 Å². The summed E-state index contributed by atoms with van der Waals surface area (Å²) in [6.07, 6.45) is 1.06. The van der Waals surface area contributed by atoms with Crippen LogP contribution >= 0.6 is 0 Å². The number of hydrogen-bond donors (Lipinski definition) is 1. The molecule has 2 aliphatic rings. The van der Waals surface area contributed by atoms with Crippen LogP contribution < -0.4 is 0 Å². The number of carbonyl (C=O) groups excluding carboxylic acids is 2. The molecule has 1 fully saturated rings. The Balaban J connectivity index is 2.12. The number of aliphatic hydroxyl groups excluding tert-OH is 1. The summed E-state index contributed by atoms with van der Waals surface area (Å²) in [6, 6.07) is 0.106. The highest BCUT2D eigenvalue weighted by molar-refractivity contribution is 5.98. The average Bonchev–Trinajstić information content (AvgIpc) is 2.36. The Morgan fingerprint density at radius 1 is 1.73 bits per heavy atom. The van der Waals surface area contributed by atoms with Crippen molar-refractivity contribution in [2.45, 2.75) is 32.6 Å². The molecule has 5 heteroatoms. The average molecular weight is 211 g/mol. The predicted octanol–water partition coefficient (Wildman–Crippen LogP) is 0.00240. The molecule has 2 aliphatic heterocycles. The maximum absolute atomic E-state index is 11.5.